The molecular weight excluding hydrogens is 204 g/mol. The first-order chi connectivity index (χ1) is 7.68. The van der Waals surface area contributed by atoms with Crippen molar-refractivity contribution in [2.45, 2.75) is 38.8 Å². The molecule has 0 aromatic heterocycles. The molecule has 4 nitrogen and oxygen atoms in total. The molecule has 92 valence electrons. The molecule has 0 aliphatic carbocycles. The summed E-state index contributed by atoms with van der Waals surface area (Å²) in [6.07, 6.45) is 1.80. The lowest BCUT2D eigenvalue weighted by atomic mass is 9.94. The molecule has 0 radical (unpaired) electrons. The van der Waals surface area contributed by atoms with Crippen molar-refractivity contribution in [2.75, 3.05) is 19.7 Å². The largest absolute Gasteiger partial charge is 0.368 e. The lowest BCUT2D eigenvalue weighted by Crippen LogP contribution is -2.51. The molecule has 2 aliphatic rings. The van der Waals surface area contributed by atoms with Crippen LogP contribution in [-0.2, 0) is 9.53 Å². The number of carbonyl (C=O) groups excluding carboxylic acids is 1. The Morgan fingerprint density at radius 3 is 2.75 bits per heavy atom. The van der Waals surface area contributed by atoms with E-state index >= 15 is 0 Å². The van der Waals surface area contributed by atoms with E-state index in [1.165, 1.54) is 0 Å². The van der Waals surface area contributed by atoms with Crippen molar-refractivity contribution < 1.29 is 9.53 Å². The Labute approximate surface area is 97.1 Å². The first-order valence-corrected chi connectivity index (χ1v) is 6.31. The summed E-state index contributed by atoms with van der Waals surface area (Å²) in [5.41, 5.74) is 0. The van der Waals surface area contributed by atoms with Gasteiger partial charge >= 0.3 is 0 Å². The maximum absolute atomic E-state index is 12.0. The van der Waals surface area contributed by atoms with Crippen LogP contribution in [0.25, 0.3) is 0 Å². The molecule has 0 aromatic carbocycles. The number of ether oxygens (including phenoxy) is 1. The zero-order valence-electron chi connectivity index (χ0n) is 10.2. The molecule has 4 unspecified atom stereocenters. The van der Waals surface area contributed by atoms with Crippen molar-refractivity contribution in [1.29, 1.82) is 0 Å². The Morgan fingerprint density at radius 2 is 2.12 bits per heavy atom. The van der Waals surface area contributed by atoms with Gasteiger partial charge in [0.2, 0.25) is 5.91 Å². The third-order valence-electron chi connectivity index (χ3n) is 3.76. The van der Waals surface area contributed by atoms with Gasteiger partial charge in [-0.15, -0.1) is 0 Å². The zero-order valence-corrected chi connectivity index (χ0v) is 10.2. The zero-order chi connectivity index (χ0) is 11.5. The maximum Gasteiger partial charge on any atom is 0.249 e. The van der Waals surface area contributed by atoms with Gasteiger partial charge < -0.3 is 15.4 Å². The highest BCUT2D eigenvalue weighted by Gasteiger charge is 2.33. The van der Waals surface area contributed by atoms with Crippen molar-refractivity contribution >= 4 is 5.91 Å². The Kier molecular flexibility index (Phi) is 3.82. The van der Waals surface area contributed by atoms with Gasteiger partial charge in [0.15, 0.2) is 0 Å². The van der Waals surface area contributed by atoms with Crippen LogP contribution in [0.4, 0.5) is 0 Å². The second kappa shape index (κ2) is 5.15. The first kappa shape index (κ1) is 11.9. The fourth-order valence-electron chi connectivity index (χ4n) is 2.52. The van der Waals surface area contributed by atoms with Crippen LogP contribution in [0, 0.1) is 11.8 Å². The highest BCUT2D eigenvalue weighted by Crippen LogP contribution is 2.21. The third-order valence-corrected chi connectivity index (χ3v) is 3.76. The van der Waals surface area contributed by atoms with E-state index < -0.39 is 0 Å². The average molecular weight is 226 g/mol. The van der Waals surface area contributed by atoms with E-state index in [4.69, 9.17) is 4.74 Å². The molecule has 0 spiro atoms. The molecule has 4 atom stereocenters. The average Bonchev–Trinajstić information content (AvgIpc) is 2.68. The van der Waals surface area contributed by atoms with Crippen molar-refractivity contribution in [1.82, 2.24) is 10.6 Å². The van der Waals surface area contributed by atoms with Crippen molar-refractivity contribution in [2.24, 2.45) is 11.8 Å². The van der Waals surface area contributed by atoms with Gasteiger partial charge in [0.25, 0.3) is 0 Å². The van der Waals surface area contributed by atoms with Crippen molar-refractivity contribution in [3.8, 4) is 0 Å². The van der Waals surface area contributed by atoms with Gasteiger partial charge in [-0.05, 0) is 37.8 Å². The Morgan fingerprint density at radius 1 is 1.31 bits per heavy atom. The summed E-state index contributed by atoms with van der Waals surface area (Å²) in [5.74, 6) is 0.954. The molecule has 0 saturated carbocycles. The molecule has 16 heavy (non-hydrogen) atoms. The van der Waals surface area contributed by atoms with E-state index in [1.54, 1.807) is 0 Å². The van der Waals surface area contributed by atoms with Gasteiger partial charge in [-0.2, -0.15) is 0 Å². The van der Waals surface area contributed by atoms with E-state index in [0.29, 0.717) is 17.9 Å². The fourth-order valence-corrected chi connectivity index (χ4v) is 2.52. The molecule has 2 saturated heterocycles. The highest BCUT2D eigenvalue weighted by molar-refractivity contribution is 5.81. The van der Waals surface area contributed by atoms with Crippen molar-refractivity contribution in [3.05, 3.63) is 0 Å². The Hall–Kier alpha value is -0.610. The number of amides is 1. The maximum atomic E-state index is 12.0. The van der Waals surface area contributed by atoms with Gasteiger partial charge in [0.05, 0.1) is 0 Å². The molecule has 2 fully saturated rings. The summed E-state index contributed by atoms with van der Waals surface area (Å²) in [5, 5.41) is 6.47. The van der Waals surface area contributed by atoms with E-state index in [1.807, 2.05) is 0 Å². The van der Waals surface area contributed by atoms with E-state index in [2.05, 4.69) is 24.5 Å². The highest BCUT2D eigenvalue weighted by atomic mass is 16.5. The molecule has 2 aliphatic heterocycles. The van der Waals surface area contributed by atoms with Gasteiger partial charge in [0, 0.05) is 12.6 Å². The fraction of sp³-hybridized carbons (Fsp3) is 0.917. The number of hydrogen-bond acceptors (Lipinski definition) is 3. The van der Waals surface area contributed by atoms with Crippen LogP contribution in [0.5, 0.6) is 0 Å². The number of piperidine rings is 1. The minimum Gasteiger partial charge on any atom is -0.368 e. The molecule has 4 heteroatoms. The number of nitrogens with one attached hydrogen (secondary N) is 2. The lowest BCUT2D eigenvalue weighted by Gasteiger charge is -2.31. The van der Waals surface area contributed by atoms with E-state index in [0.717, 1.165) is 32.5 Å². The summed E-state index contributed by atoms with van der Waals surface area (Å²) in [6, 6.07) is 0.310. The third kappa shape index (κ3) is 2.55. The van der Waals surface area contributed by atoms with Crippen LogP contribution < -0.4 is 10.6 Å². The molecule has 2 heterocycles. The summed E-state index contributed by atoms with van der Waals surface area (Å²) in [7, 11) is 0. The Bertz CT molecular complexity index is 257. The second-order valence-electron chi connectivity index (χ2n) is 5.14. The standard InChI is InChI=1S/C12H22N2O2/c1-8-4-6-16-11(8)12(15)14-10-3-5-13-7-9(10)2/h8-11,13H,3-7H2,1-2H3,(H,14,15). The molecule has 2 rings (SSSR count). The minimum atomic E-state index is -0.220. The summed E-state index contributed by atoms with van der Waals surface area (Å²) in [6.45, 7) is 6.97. The summed E-state index contributed by atoms with van der Waals surface area (Å²) < 4.78 is 5.48. The normalized spacial score (nSPS) is 39.6. The smallest absolute Gasteiger partial charge is 0.249 e. The monoisotopic (exact) mass is 226 g/mol. The number of rotatable bonds is 2. The van der Waals surface area contributed by atoms with E-state index in [-0.39, 0.29) is 12.0 Å². The predicted molar refractivity (Wildman–Crippen MR) is 62.1 cm³/mol. The predicted octanol–water partition coefficient (Wildman–Crippen LogP) is 0.526. The van der Waals surface area contributed by atoms with Gasteiger partial charge in [-0.1, -0.05) is 13.8 Å². The summed E-state index contributed by atoms with van der Waals surface area (Å²) in [4.78, 5) is 12.0. The molecule has 0 aromatic rings. The Balaban J connectivity index is 1.86. The quantitative estimate of drug-likeness (QED) is 0.722. The van der Waals surface area contributed by atoms with Gasteiger partial charge in [-0.25, -0.2) is 0 Å². The van der Waals surface area contributed by atoms with Crippen LogP contribution in [-0.4, -0.2) is 37.7 Å². The van der Waals surface area contributed by atoms with Crippen LogP contribution in [0.2, 0.25) is 0 Å². The number of hydrogen-bond donors (Lipinski definition) is 2. The lowest BCUT2D eigenvalue weighted by molar-refractivity contribution is -0.132. The topological polar surface area (TPSA) is 50.4 Å². The molecule has 1 amide bonds. The van der Waals surface area contributed by atoms with Crippen LogP contribution in [0.1, 0.15) is 26.7 Å². The molecule has 2 N–H and O–H groups in total. The van der Waals surface area contributed by atoms with Crippen LogP contribution >= 0.6 is 0 Å². The molecular formula is C12H22N2O2. The van der Waals surface area contributed by atoms with Crippen LogP contribution in [0.15, 0.2) is 0 Å². The number of carbonyl (C=O) groups is 1. The second-order valence-corrected chi connectivity index (χ2v) is 5.14. The van der Waals surface area contributed by atoms with Gasteiger partial charge in [-0.3, -0.25) is 4.79 Å². The molecule has 0 bridgehead atoms. The van der Waals surface area contributed by atoms with Crippen molar-refractivity contribution in [3.63, 3.8) is 0 Å². The minimum absolute atomic E-state index is 0.0868. The summed E-state index contributed by atoms with van der Waals surface area (Å²) >= 11 is 0. The van der Waals surface area contributed by atoms with Gasteiger partial charge in [0.1, 0.15) is 6.10 Å². The first-order valence-electron chi connectivity index (χ1n) is 6.31. The SMILES string of the molecule is CC1CNCCC1NC(=O)C1OCCC1C. The van der Waals surface area contributed by atoms with E-state index in [9.17, 15) is 4.79 Å². The van der Waals surface area contributed by atoms with Crippen LogP contribution in [0.3, 0.4) is 0 Å².